The van der Waals surface area contributed by atoms with E-state index < -0.39 is 19.9 Å². The molecule has 1 aliphatic rings. The number of nitriles is 1. The van der Waals surface area contributed by atoms with Gasteiger partial charge in [-0.3, -0.25) is 0 Å². The number of aromatic nitrogens is 3. The molecule has 13 heteroatoms. The summed E-state index contributed by atoms with van der Waals surface area (Å²) in [4.78, 5) is 11.5. The van der Waals surface area contributed by atoms with Gasteiger partial charge in [0.25, 0.3) is 0 Å². The molecule has 180 valence electrons. The molecule has 3 heterocycles. The van der Waals surface area contributed by atoms with E-state index in [1.54, 1.807) is 18.5 Å². The maximum absolute atomic E-state index is 12.7. The van der Waals surface area contributed by atoms with Gasteiger partial charge >= 0.3 is 0 Å². The number of fused-ring (bicyclic) bond motifs is 1. The summed E-state index contributed by atoms with van der Waals surface area (Å²) in [5.74, 6) is 0.109. The summed E-state index contributed by atoms with van der Waals surface area (Å²) < 4.78 is 57.2. The Morgan fingerprint density at radius 3 is 2.63 bits per heavy atom. The number of oxazole rings is 1. The van der Waals surface area contributed by atoms with Gasteiger partial charge in [-0.25, -0.2) is 31.5 Å². The average Bonchev–Trinajstić information content (AvgIpc) is 3.47. The zero-order valence-electron chi connectivity index (χ0n) is 18.4. The van der Waals surface area contributed by atoms with Crippen LogP contribution in [-0.4, -0.2) is 50.1 Å². The Balaban J connectivity index is 1.35. The smallest absolute Gasteiger partial charge is 0.240 e. The summed E-state index contributed by atoms with van der Waals surface area (Å²) in [6, 6.07) is 9.29. The van der Waals surface area contributed by atoms with E-state index in [9.17, 15) is 16.8 Å². The van der Waals surface area contributed by atoms with Crippen molar-refractivity contribution in [2.75, 3.05) is 11.6 Å². The number of H-pyrrole nitrogens is 1. The zero-order chi connectivity index (χ0) is 24.8. The van der Waals surface area contributed by atoms with Crippen LogP contribution < -0.4 is 10.0 Å². The highest BCUT2D eigenvalue weighted by Crippen LogP contribution is 2.36. The summed E-state index contributed by atoms with van der Waals surface area (Å²) in [5.41, 5.74) is 2.04. The molecule has 0 aliphatic heterocycles. The molecule has 5 rings (SSSR count). The maximum atomic E-state index is 12.7. The van der Waals surface area contributed by atoms with Crippen molar-refractivity contribution in [2.24, 2.45) is 0 Å². The van der Waals surface area contributed by atoms with Crippen molar-refractivity contribution >= 4 is 36.6 Å². The molecule has 3 aromatic heterocycles. The van der Waals surface area contributed by atoms with E-state index in [4.69, 9.17) is 9.68 Å². The lowest BCUT2D eigenvalue weighted by Crippen LogP contribution is -2.49. The number of hydrogen-bond donors (Lipinski definition) is 3. The fourth-order valence-electron chi connectivity index (χ4n) is 3.94. The van der Waals surface area contributed by atoms with Crippen LogP contribution >= 0.6 is 0 Å². The lowest BCUT2D eigenvalue weighted by atomic mass is 9.87. The minimum atomic E-state index is -3.76. The van der Waals surface area contributed by atoms with Gasteiger partial charge in [-0.2, -0.15) is 5.26 Å². The van der Waals surface area contributed by atoms with E-state index in [-0.39, 0.29) is 33.5 Å². The van der Waals surface area contributed by atoms with Crippen LogP contribution in [0.4, 0.5) is 5.69 Å². The van der Waals surface area contributed by atoms with E-state index in [2.05, 4.69) is 25.0 Å². The minimum absolute atomic E-state index is 0.0454. The summed E-state index contributed by atoms with van der Waals surface area (Å²) >= 11 is 0. The molecular formula is C22H20N6O5S2. The highest BCUT2D eigenvalue weighted by atomic mass is 32.2. The summed E-state index contributed by atoms with van der Waals surface area (Å²) in [6.07, 6.45) is 6.51. The predicted octanol–water partition coefficient (Wildman–Crippen LogP) is 2.41. The van der Waals surface area contributed by atoms with Crippen molar-refractivity contribution < 1.29 is 21.3 Å². The molecule has 1 aromatic carbocycles. The molecule has 0 saturated heterocycles. The van der Waals surface area contributed by atoms with Crippen molar-refractivity contribution in [1.29, 1.82) is 5.26 Å². The molecule has 3 N–H and O–H groups in total. The van der Waals surface area contributed by atoms with Crippen molar-refractivity contribution in [1.82, 2.24) is 19.7 Å². The maximum Gasteiger partial charge on any atom is 0.240 e. The lowest BCUT2D eigenvalue weighted by molar-refractivity contribution is 0.346. The number of anilines is 1. The van der Waals surface area contributed by atoms with Gasteiger partial charge in [-0.15, -0.1) is 0 Å². The van der Waals surface area contributed by atoms with Crippen LogP contribution in [0.5, 0.6) is 0 Å². The van der Waals surface area contributed by atoms with Crippen molar-refractivity contribution in [2.45, 2.75) is 34.9 Å². The van der Waals surface area contributed by atoms with Gasteiger partial charge < -0.3 is 14.7 Å². The van der Waals surface area contributed by atoms with E-state index in [1.165, 1.54) is 18.2 Å². The fraction of sp³-hybridized carbons (Fsp3) is 0.227. The molecule has 35 heavy (non-hydrogen) atoms. The van der Waals surface area contributed by atoms with Gasteiger partial charge in [-0.1, -0.05) is 6.07 Å². The number of rotatable bonds is 7. The fourth-order valence-corrected chi connectivity index (χ4v) is 5.72. The topological polar surface area (TPSA) is 171 Å². The molecule has 0 unspecified atom stereocenters. The average molecular weight is 513 g/mol. The number of pyridine rings is 1. The molecular weight excluding hydrogens is 492 g/mol. The second-order valence-electron chi connectivity index (χ2n) is 8.31. The Kier molecular flexibility index (Phi) is 5.59. The number of sulfone groups is 1. The van der Waals surface area contributed by atoms with Gasteiger partial charge in [0.05, 0.1) is 34.0 Å². The standard InChI is InChI=1S/C22H20N6O5S2/c1-34(29,30)19-12-26-22(33-19)18-11-25-21-17(5-6-24-21)20(18)27-14-8-15(9-14)28-35(31,32)16-4-2-3-13(7-16)10-23/h2-7,11-12,14-15,28H,8-9H2,1H3,(H2,24,25,27). The van der Waals surface area contributed by atoms with Crippen LogP contribution in [0.1, 0.15) is 18.4 Å². The largest absolute Gasteiger partial charge is 0.425 e. The summed E-state index contributed by atoms with van der Waals surface area (Å²) in [6.45, 7) is 0. The first-order chi connectivity index (χ1) is 16.6. The van der Waals surface area contributed by atoms with Gasteiger partial charge in [0.2, 0.25) is 30.8 Å². The predicted molar refractivity (Wildman–Crippen MR) is 127 cm³/mol. The quantitative estimate of drug-likeness (QED) is 0.336. The SMILES string of the molecule is CS(=O)(=O)c1cnc(-c2cnc3[nH]ccc3c2NC2CC(NS(=O)(=O)c3cccc(C#N)c3)C2)o1. The second kappa shape index (κ2) is 8.49. The number of aromatic amines is 1. The highest BCUT2D eigenvalue weighted by Gasteiger charge is 2.34. The Morgan fingerprint density at radius 1 is 1.11 bits per heavy atom. The lowest BCUT2D eigenvalue weighted by Gasteiger charge is -2.37. The van der Waals surface area contributed by atoms with Gasteiger partial charge in [0.15, 0.2) is 0 Å². The molecule has 0 atom stereocenters. The molecule has 1 fully saturated rings. The molecule has 11 nitrogen and oxygen atoms in total. The van der Waals surface area contributed by atoms with E-state index >= 15 is 0 Å². The van der Waals surface area contributed by atoms with Gasteiger partial charge in [0.1, 0.15) is 5.65 Å². The molecule has 0 bridgehead atoms. The number of benzene rings is 1. The van der Waals surface area contributed by atoms with Crippen LogP contribution in [-0.2, 0) is 19.9 Å². The van der Waals surface area contributed by atoms with Crippen LogP contribution in [0.2, 0.25) is 0 Å². The highest BCUT2D eigenvalue weighted by molar-refractivity contribution is 7.90. The Hall–Kier alpha value is -3.73. The normalized spacial score (nSPS) is 18.2. The van der Waals surface area contributed by atoms with Crippen molar-refractivity contribution in [3.05, 3.63) is 54.5 Å². The minimum Gasteiger partial charge on any atom is -0.425 e. The Morgan fingerprint density at radius 2 is 1.91 bits per heavy atom. The first kappa shape index (κ1) is 23.0. The first-order valence-electron chi connectivity index (χ1n) is 10.6. The van der Waals surface area contributed by atoms with E-state index in [1.807, 2.05) is 12.1 Å². The van der Waals surface area contributed by atoms with E-state index in [0.717, 1.165) is 17.8 Å². The van der Waals surface area contributed by atoms with Crippen LogP contribution in [0.15, 0.2) is 63.3 Å². The number of hydrogen-bond acceptors (Lipinski definition) is 9. The third-order valence-corrected chi connectivity index (χ3v) is 8.19. The zero-order valence-corrected chi connectivity index (χ0v) is 20.0. The Bertz CT molecular complexity index is 1680. The first-order valence-corrected chi connectivity index (χ1v) is 13.9. The Labute approximate surface area is 201 Å². The molecule has 1 aliphatic carbocycles. The van der Waals surface area contributed by atoms with Gasteiger partial charge in [-0.05, 0) is 37.1 Å². The number of sulfonamides is 1. The number of nitrogens with zero attached hydrogens (tertiary/aromatic N) is 3. The van der Waals surface area contributed by atoms with Crippen LogP contribution in [0.3, 0.4) is 0 Å². The molecule has 1 saturated carbocycles. The summed E-state index contributed by atoms with van der Waals surface area (Å²) in [5, 5.41) is 13.0. The third kappa shape index (κ3) is 4.51. The summed E-state index contributed by atoms with van der Waals surface area (Å²) in [7, 11) is -7.33. The van der Waals surface area contributed by atoms with Crippen molar-refractivity contribution in [3.63, 3.8) is 0 Å². The molecule has 0 spiro atoms. The number of nitrogens with one attached hydrogen (secondary N) is 3. The third-order valence-electron chi connectivity index (χ3n) is 5.75. The van der Waals surface area contributed by atoms with Gasteiger partial charge in [0, 0.05) is 36.1 Å². The second-order valence-corrected chi connectivity index (χ2v) is 12.0. The molecule has 4 aromatic rings. The monoisotopic (exact) mass is 512 g/mol. The molecule has 0 radical (unpaired) electrons. The van der Waals surface area contributed by atoms with Crippen LogP contribution in [0, 0.1) is 11.3 Å². The van der Waals surface area contributed by atoms with Crippen molar-refractivity contribution in [3.8, 4) is 17.5 Å². The molecule has 0 amide bonds. The van der Waals surface area contributed by atoms with E-state index in [0.29, 0.717) is 29.7 Å². The van der Waals surface area contributed by atoms with Crippen LogP contribution in [0.25, 0.3) is 22.5 Å².